The van der Waals surface area contributed by atoms with E-state index in [1.54, 1.807) is 12.1 Å². The zero-order valence-electron chi connectivity index (χ0n) is 14.2. The van der Waals surface area contributed by atoms with Crippen molar-refractivity contribution in [1.29, 1.82) is 0 Å². The second-order valence-corrected chi connectivity index (χ2v) is 7.99. The van der Waals surface area contributed by atoms with Crippen LogP contribution in [0.25, 0.3) is 0 Å². The number of benzene rings is 2. The molecule has 1 heterocycles. The molecule has 1 fully saturated rings. The first-order valence-corrected chi connectivity index (χ1v) is 9.67. The van der Waals surface area contributed by atoms with E-state index in [0.717, 1.165) is 0 Å². The molecule has 7 nitrogen and oxygen atoms in total. The molecule has 1 N–H and O–H groups in total. The summed E-state index contributed by atoms with van der Waals surface area (Å²) in [4.78, 5) is 10.2. The lowest BCUT2D eigenvalue weighted by molar-refractivity contribution is -0.384. The van der Waals surface area contributed by atoms with Crippen molar-refractivity contribution in [2.45, 2.75) is 11.8 Å². The molecule has 10 heteroatoms. The first-order valence-electron chi connectivity index (χ1n) is 8.06. The lowest BCUT2D eigenvalue weighted by Crippen LogP contribution is -2.48. The van der Waals surface area contributed by atoms with Crippen LogP contribution in [0.2, 0.25) is 0 Å². The molecule has 1 aliphatic heterocycles. The highest BCUT2D eigenvalue weighted by Crippen LogP contribution is 2.27. The number of nitrogens with one attached hydrogen (secondary N) is 1. The van der Waals surface area contributed by atoms with E-state index in [9.17, 15) is 22.9 Å². The number of halogens is 2. The Morgan fingerprint density at radius 3 is 2.56 bits per heavy atom. The molecule has 146 valence electrons. The maximum absolute atomic E-state index is 13.6. The third-order valence-electron chi connectivity index (χ3n) is 4.28. The van der Waals surface area contributed by atoms with Crippen LogP contribution in [0.15, 0.2) is 48.5 Å². The normalized spacial score (nSPS) is 17.9. The predicted molar refractivity (Wildman–Crippen MR) is 102 cm³/mol. The summed E-state index contributed by atoms with van der Waals surface area (Å²) in [7, 11) is -3.68. The first-order chi connectivity index (χ1) is 12.4. The molecule has 0 amide bonds. The standard InChI is InChI=1S/C17H18FN3O4S.ClH/c18-15-3-1-2-14(10-15)17-11-19-8-9-20(17)26(24,25)12-13-4-6-16(7-5-13)21(22)23;/h1-7,10,17,19H,8-9,11-12H2;1H. The van der Waals surface area contributed by atoms with Gasteiger partial charge >= 0.3 is 0 Å². The Morgan fingerprint density at radius 1 is 1.22 bits per heavy atom. The molecule has 2 aromatic carbocycles. The number of hydrogen-bond donors (Lipinski definition) is 1. The molecule has 1 aliphatic rings. The van der Waals surface area contributed by atoms with Crippen molar-refractivity contribution in [2.75, 3.05) is 19.6 Å². The zero-order chi connectivity index (χ0) is 18.7. The number of nitro groups is 1. The molecule has 27 heavy (non-hydrogen) atoms. The van der Waals surface area contributed by atoms with Gasteiger partial charge in [0.2, 0.25) is 10.0 Å². The molecule has 0 bridgehead atoms. The molecule has 0 radical (unpaired) electrons. The van der Waals surface area contributed by atoms with Crippen LogP contribution in [0, 0.1) is 15.9 Å². The summed E-state index contributed by atoms with van der Waals surface area (Å²) in [5.74, 6) is -0.683. The monoisotopic (exact) mass is 415 g/mol. The predicted octanol–water partition coefficient (Wildman–Crippen LogP) is 2.63. The van der Waals surface area contributed by atoms with E-state index in [1.807, 2.05) is 0 Å². The molecule has 1 unspecified atom stereocenters. The Balaban J connectivity index is 0.00000261. The van der Waals surface area contributed by atoms with Gasteiger partial charge in [-0.25, -0.2) is 12.8 Å². The lowest BCUT2D eigenvalue weighted by Gasteiger charge is -2.35. The SMILES string of the molecule is Cl.O=[N+]([O-])c1ccc(CS(=O)(=O)N2CCNCC2c2cccc(F)c2)cc1. The minimum Gasteiger partial charge on any atom is -0.313 e. The van der Waals surface area contributed by atoms with E-state index < -0.39 is 26.8 Å². The number of rotatable bonds is 5. The van der Waals surface area contributed by atoms with E-state index in [1.165, 1.54) is 40.7 Å². The fraction of sp³-hybridized carbons (Fsp3) is 0.294. The van der Waals surface area contributed by atoms with E-state index in [0.29, 0.717) is 24.2 Å². The van der Waals surface area contributed by atoms with Gasteiger partial charge in [-0.05, 0) is 23.3 Å². The summed E-state index contributed by atoms with van der Waals surface area (Å²) in [5.41, 5.74) is 0.961. The molecule has 0 spiro atoms. The smallest absolute Gasteiger partial charge is 0.269 e. The number of nitrogens with zero attached hydrogens (tertiary/aromatic N) is 2. The molecule has 1 saturated heterocycles. The summed E-state index contributed by atoms with van der Waals surface area (Å²) in [6.07, 6.45) is 0. The van der Waals surface area contributed by atoms with Crippen molar-refractivity contribution >= 4 is 28.1 Å². The van der Waals surface area contributed by atoms with Gasteiger partial charge in [0.05, 0.1) is 16.7 Å². The van der Waals surface area contributed by atoms with Crippen LogP contribution in [0.4, 0.5) is 10.1 Å². The summed E-state index contributed by atoms with van der Waals surface area (Å²) < 4.78 is 40.8. The van der Waals surface area contributed by atoms with E-state index in [2.05, 4.69) is 5.32 Å². The van der Waals surface area contributed by atoms with Gasteiger partial charge < -0.3 is 5.32 Å². The Kier molecular flexibility index (Phi) is 6.88. The number of sulfonamides is 1. The molecule has 1 atom stereocenters. The van der Waals surface area contributed by atoms with Gasteiger partial charge in [-0.3, -0.25) is 10.1 Å². The van der Waals surface area contributed by atoms with E-state index >= 15 is 0 Å². The molecule has 3 rings (SSSR count). The van der Waals surface area contributed by atoms with E-state index in [-0.39, 0.29) is 30.4 Å². The lowest BCUT2D eigenvalue weighted by atomic mass is 10.1. The second kappa shape index (κ2) is 8.75. The highest BCUT2D eigenvalue weighted by atomic mass is 35.5. The molecule has 0 aromatic heterocycles. The average molecular weight is 416 g/mol. The Labute approximate surface area is 162 Å². The molecule has 0 saturated carbocycles. The molecule has 2 aromatic rings. The topological polar surface area (TPSA) is 92.5 Å². The summed E-state index contributed by atoms with van der Waals surface area (Å²) in [5, 5.41) is 13.8. The number of non-ortho nitro benzene ring substituents is 1. The molecular weight excluding hydrogens is 397 g/mol. The third kappa shape index (κ3) is 5.01. The van der Waals surface area contributed by atoms with Crippen LogP contribution >= 0.6 is 12.4 Å². The van der Waals surface area contributed by atoms with Crippen LogP contribution in [0.1, 0.15) is 17.2 Å². The highest BCUT2D eigenvalue weighted by Gasteiger charge is 2.33. The third-order valence-corrected chi connectivity index (χ3v) is 6.13. The summed E-state index contributed by atoms with van der Waals surface area (Å²) in [6.45, 7) is 1.17. The van der Waals surface area contributed by atoms with Gasteiger partial charge in [0.25, 0.3) is 5.69 Å². The maximum atomic E-state index is 13.6. The van der Waals surface area contributed by atoms with Crippen LogP contribution in [-0.2, 0) is 15.8 Å². The fourth-order valence-corrected chi connectivity index (χ4v) is 4.76. The van der Waals surface area contributed by atoms with Gasteiger partial charge in [0.15, 0.2) is 0 Å². The van der Waals surface area contributed by atoms with Crippen molar-refractivity contribution in [3.05, 3.63) is 75.6 Å². The van der Waals surface area contributed by atoms with Crippen LogP contribution in [-0.4, -0.2) is 37.3 Å². The summed E-state index contributed by atoms with van der Waals surface area (Å²) >= 11 is 0. The van der Waals surface area contributed by atoms with Crippen molar-refractivity contribution in [3.63, 3.8) is 0 Å². The van der Waals surface area contributed by atoms with Gasteiger partial charge in [-0.1, -0.05) is 24.3 Å². The minimum atomic E-state index is -3.68. The van der Waals surface area contributed by atoms with Gasteiger partial charge in [0, 0.05) is 31.8 Å². The highest BCUT2D eigenvalue weighted by molar-refractivity contribution is 7.88. The van der Waals surface area contributed by atoms with Crippen molar-refractivity contribution in [2.24, 2.45) is 0 Å². The number of hydrogen-bond acceptors (Lipinski definition) is 5. The largest absolute Gasteiger partial charge is 0.313 e. The van der Waals surface area contributed by atoms with E-state index in [4.69, 9.17) is 0 Å². The van der Waals surface area contributed by atoms with Crippen LogP contribution in [0.3, 0.4) is 0 Å². The Hall–Kier alpha value is -2.07. The minimum absolute atomic E-state index is 0. The van der Waals surface area contributed by atoms with Gasteiger partial charge in [-0.2, -0.15) is 4.31 Å². The Bertz CT molecular complexity index is 909. The molecule has 0 aliphatic carbocycles. The van der Waals surface area contributed by atoms with Gasteiger partial charge in [-0.15, -0.1) is 12.4 Å². The van der Waals surface area contributed by atoms with Crippen molar-refractivity contribution < 1.29 is 17.7 Å². The second-order valence-electron chi connectivity index (χ2n) is 6.07. The number of piperazine rings is 1. The Morgan fingerprint density at radius 2 is 1.93 bits per heavy atom. The maximum Gasteiger partial charge on any atom is 0.269 e. The van der Waals surface area contributed by atoms with Gasteiger partial charge in [0.1, 0.15) is 5.82 Å². The van der Waals surface area contributed by atoms with Crippen LogP contribution < -0.4 is 5.32 Å². The quantitative estimate of drug-likeness (QED) is 0.598. The van der Waals surface area contributed by atoms with Crippen LogP contribution in [0.5, 0.6) is 0 Å². The number of nitro benzene ring substituents is 1. The average Bonchev–Trinajstić information content (AvgIpc) is 2.62. The first kappa shape index (κ1) is 21.2. The summed E-state index contributed by atoms with van der Waals surface area (Å²) in [6, 6.07) is 10.9. The fourth-order valence-electron chi connectivity index (χ4n) is 3.02. The molecular formula is C17H19ClFN3O4S. The van der Waals surface area contributed by atoms with Crippen molar-refractivity contribution in [1.82, 2.24) is 9.62 Å². The zero-order valence-corrected chi connectivity index (χ0v) is 15.9. The van der Waals surface area contributed by atoms with Crippen molar-refractivity contribution in [3.8, 4) is 0 Å².